The number of ether oxygens (including phenoxy) is 1. The number of hydrogen-bond donors (Lipinski definition) is 2. The van der Waals surface area contributed by atoms with Crippen LogP contribution in [0.15, 0.2) is 24.3 Å². The monoisotopic (exact) mass is 237 g/mol. The summed E-state index contributed by atoms with van der Waals surface area (Å²) >= 11 is 0. The average Bonchev–Trinajstić information content (AvgIpc) is 2.28. The first-order valence-electron chi connectivity index (χ1n) is 5.76. The van der Waals surface area contributed by atoms with E-state index < -0.39 is 11.9 Å². The Morgan fingerprint density at radius 2 is 2.18 bits per heavy atom. The number of carboxylic acid groups (broad SMARTS) is 1. The Bertz CT molecular complexity index is 379. The van der Waals surface area contributed by atoms with E-state index in [4.69, 9.17) is 9.84 Å². The van der Waals surface area contributed by atoms with E-state index in [1.807, 2.05) is 38.1 Å². The third kappa shape index (κ3) is 3.98. The quantitative estimate of drug-likeness (QED) is 0.798. The van der Waals surface area contributed by atoms with Crippen LogP contribution in [0.5, 0.6) is 5.75 Å². The third-order valence-corrected chi connectivity index (χ3v) is 2.68. The zero-order chi connectivity index (χ0) is 12.8. The van der Waals surface area contributed by atoms with Gasteiger partial charge in [-0.15, -0.1) is 0 Å². The Labute approximate surface area is 102 Å². The van der Waals surface area contributed by atoms with Gasteiger partial charge in [0.1, 0.15) is 5.75 Å². The first kappa shape index (κ1) is 13.4. The van der Waals surface area contributed by atoms with Crippen LogP contribution in [0.1, 0.15) is 20.8 Å². The molecule has 2 N–H and O–H groups in total. The van der Waals surface area contributed by atoms with Crippen LogP contribution in [-0.2, 0) is 4.79 Å². The molecular formula is C13H19NO3. The number of rotatable bonds is 6. The Morgan fingerprint density at radius 1 is 1.47 bits per heavy atom. The summed E-state index contributed by atoms with van der Waals surface area (Å²) in [6.07, 6.45) is 0. The fourth-order valence-electron chi connectivity index (χ4n) is 1.44. The highest BCUT2D eigenvalue weighted by Gasteiger charge is 2.18. The van der Waals surface area contributed by atoms with Gasteiger partial charge in [-0.05, 0) is 32.9 Å². The van der Waals surface area contributed by atoms with Crippen LogP contribution in [0.3, 0.4) is 0 Å². The Hall–Kier alpha value is -1.71. The highest BCUT2D eigenvalue weighted by atomic mass is 16.5. The van der Waals surface area contributed by atoms with Gasteiger partial charge in [0.15, 0.2) is 0 Å². The van der Waals surface area contributed by atoms with Gasteiger partial charge in [0.2, 0.25) is 0 Å². The highest BCUT2D eigenvalue weighted by Crippen LogP contribution is 2.19. The van der Waals surface area contributed by atoms with Gasteiger partial charge in [-0.25, -0.2) is 0 Å². The van der Waals surface area contributed by atoms with Crippen molar-refractivity contribution in [2.24, 2.45) is 5.92 Å². The van der Waals surface area contributed by atoms with E-state index in [1.165, 1.54) is 0 Å². The van der Waals surface area contributed by atoms with Crippen molar-refractivity contribution in [2.75, 3.05) is 11.9 Å². The molecule has 0 bridgehead atoms. The summed E-state index contributed by atoms with van der Waals surface area (Å²) in [5, 5.41) is 12.1. The Kier molecular flexibility index (Phi) is 4.82. The zero-order valence-corrected chi connectivity index (χ0v) is 10.4. The van der Waals surface area contributed by atoms with Gasteiger partial charge < -0.3 is 15.2 Å². The number of carbonyl (C=O) groups is 1. The van der Waals surface area contributed by atoms with Gasteiger partial charge in [-0.2, -0.15) is 0 Å². The summed E-state index contributed by atoms with van der Waals surface area (Å²) in [7, 11) is 0. The average molecular weight is 237 g/mol. The highest BCUT2D eigenvalue weighted by molar-refractivity contribution is 5.71. The second-order valence-electron chi connectivity index (χ2n) is 4.02. The summed E-state index contributed by atoms with van der Waals surface area (Å²) in [5.41, 5.74) is 0.872. The van der Waals surface area contributed by atoms with Crippen molar-refractivity contribution in [3.05, 3.63) is 24.3 Å². The molecule has 2 unspecified atom stereocenters. The molecule has 1 rings (SSSR count). The largest absolute Gasteiger partial charge is 0.494 e. The van der Waals surface area contributed by atoms with E-state index in [0.29, 0.717) is 6.61 Å². The van der Waals surface area contributed by atoms with E-state index in [-0.39, 0.29) is 6.04 Å². The maximum absolute atomic E-state index is 10.8. The van der Waals surface area contributed by atoms with Crippen LogP contribution in [0, 0.1) is 5.92 Å². The summed E-state index contributed by atoms with van der Waals surface area (Å²) in [4.78, 5) is 10.8. The topological polar surface area (TPSA) is 58.6 Å². The lowest BCUT2D eigenvalue weighted by atomic mass is 10.0. The van der Waals surface area contributed by atoms with Crippen molar-refractivity contribution in [3.63, 3.8) is 0 Å². The molecule has 1 aromatic carbocycles. The van der Waals surface area contributed by atoms with Gasteiger partial charge in [0, 0.05) is 17.8 Å². The molecule has 0 radical (unpaired) electrons. The second-order valence-corrected chi connectivity index (χ2v) is 4.02. The molecule has 0 saturated heterocycles. The van der Waals surface area contributed by atoms with Crippen LogP contribution in [0.4, 0.5) is 5.69 Å². The van der Waals surface area contributed by atoms with Crippen molar-refractivity contribution in [1.82, 2.24) is 0 Å². The van der Waals surface area contributed by atoms with Crippen LogP contribution < -0.4 is 10.1 Å². The van der Waals surface area contributed by atoms with Crippen molar-refractivity contribution >= 4 is 11.7 Å². The van der Waals surface area contributed by atoms with Gasteiger partial charge in [0.25, 0.3) is 0 Å². The van der Waals surface area contributed by atoms with E-state index in [0.717, 1.165) is 11.4 Å². The van der Waals surface area contributed by atoms with Crippen LogP contribution in [0.2, 0.25) is 0 Å². The number of carboxylic acids is 1. The summed E-state index contributed by atoms with van der Waals surface area (Å²) in [6, 6.07) is 7.39. The van der Waals surface area contributed by atoms with Gasteiger partial charge in [-0.1, -0.05) is 6.07 Å². The number of aliphatic carboxylic acids is 1. The molecule has 94 valence electrons. The lowest BCUT2D eigenvalue weighted by molar-refractivity contribution is -0.141. The standard InChI is InChI=1S/C13H19NO3/c1-4-17-12-7-5-6-11(8-12)14-10(3)9(2)13(15)16/h5-10,14H,4H2,1-3H3,(H,15,16). The number of hydrogen-bond acceptors (Lipinski definition) is 3. The third-order valence-electron chi connectivity index (χ3n) is 2.68. The summed E-state index contributed by atoms with van der Waals surface area (Å²) in [5.74, 6) is -0.454. The van der Waals surface area contributed by atoms with E-state index in [9.17, 15) is 4.79 Å². The molecule has 4 nitrogen and oxygen atoms in total. The van der Waals surface area contributed by atoms with Crippen LogP contribution in [0.25, 0.3) is 0 Å². The molecule has 4 heteroatoms. The maximum Gasteiger partial charge on any atom is 0.308 e. The van der Waals surface area contributed by atoms with Crippen molar-refractivity contribution in [3.8, 4) is 5.75 Å². The minimum atomic E-state index is -0.800. The molecule has 0 aliphatic rings. The van der Waals surface area contributed by atoms with E-state index in [1.54, 1.807) is 6.92 Å². The molecule has 0 heterocycles. The van der Waals surface area contributed by atoms with Crippen molar-refractivity contribution in [1.29, 1.82) is 0 Å². The number of nitrogens with one attached hydrogen (secondary N) is 1. The van der Waals surface area contributed by atoms with E-state index >= 15 is 0 Å². The molecule has 0 aliphatic carbocycles. The SMILES string of the molecule is CCOc1cccc(NC(C)C(C)C(=O)O)c1. The molecule has 0 saturated carbocycles. The molecular weight excluding hydrogens is 218 g/mol. The number of anilines is 1. The predicted octanol–water partition coefficient (Wildman–Crippen LogP) is 2.61. The van der Waals surface area contributed by atoms with Crippen LogP contribution in [-0.4, -0.2) is 23.7 Å². The smallest absolute Gasteiger partial charge is 0.308 e. The van der Waals surface area contributed by atoms with Crippen LogP contribution >= 0.6 is 0 Å². The lowest BCUT2D eigenvalue weighted by Crippen LogP contribution is -2.29. The van der Waals surface area contributed by atoms with Crippen molar-refractivity contribution in [2.45, 2.75) is 26.8 Å². The minimum Gasteiger partial charge on any atom is -0.494 e. The fraction of sp³-hybridized carbons (Fsp3) is 0.462. The van der Waals surface area contributed by atoms with Gasteiger partial charge >= 0.3 is 5.97 Å². The molecule has 0 aromatic heterocycles. The molecule has 0 spiro atoms. The molecule has 2 atom stereocenters. The predicted molar refractivity (Wildman–Crippen MR) is 67.5 cm³/mol. The minimum absolute atomic E-state index is 0.135. The summed E-state index contributed by atoms with van der Waals surface area (Å²) in [6.45, 7) is 6.08. The zero-order valence-electron chi connectivity index (χ0n) is 10.4. The van der Waals surface area contributed by atoms with Gasteiger partial charge in [-0.3, -0.25) is 4.79 Å². The van der Waals surface area contributed by atoms with E-state index in [2.05, 4.69) is 5.32 Å². The van der Waals surface area contributed by atoms with Crippen molar-refractivity contribution < 1.29 is 14.6 Å². The molecule has 0 amide bonds. The molecule has 0 aliphatic heterocycles. The molecule has 0 fully saturated rings. The lowest BCUT2D eigenvalue weighted by Gasteiger charge is -2.19. The molecule has 1 aromatic rings. The normalized spacial score (nSPS) is 13.8. The second kappa shape index (κ2) is 6.13. The number of benzene rings is 1. The maximum atomic E-state index is 10.8. The Balaban J connectivity index is 2.67. The first-order valence-corrected chi connectivity index (χ1v) is 5.76. The Morgan fingerprint density at radius 3 is 2.76 bits per heavy atom. The van der Waals surface area contributed by atoms with Gasteiger partial charge in [0.05, 0.1) is 12.5 Å². The molecule has 17 heavy (non-hydrogen) atoms. The summed E-state index contributed by atoms with van der Waals surface area (Å²) < 4.78 is 5.38. The first-order chi connectivity index (χ1) is 8.04. The fourth-order valence-corrected chi connectivity index (χ4v) is 1.44.